The summed E-state index contributed by atoms with van der Waals surface area (Å²) in [5.41, 5.74) is 3.28. The van der Waals surface area contributed by atoms with E-state index in [2.05, 4.69) is 45.9 Å². The molecular formula is C23H30FN3O. The molecule has 28 heavy (non-hydrogen) atoms. The maximum Gasteiger partial charge on any atom is 0.146 e. The van der Waals surface area contributed by atoms with E-state index in [1.54, 1.807) is 6.07 Å². The van der Waals surface area contributed by atoms with Crippen LogP contribution in [0.25, 0.3) is 0 Å². The largest absolute Gasteiger partial charge is 0.390 e. The van der Waals surface area contributed by atoms with E-state index in [0.29, 0.717) is 12.2 Å². The number of nitrogens with zero attached hydrogens (tertiary/aromatic N) is 3. The van der Waals surface area contributed by atoms with Crippen molar-refractivity contribution in [3.05, 3.63) is 65.5 Å². The van der Waals surface area contributed by atoms with E-state index < -0.39 is 0 Å². The maximum atomic E-state index is 14.0. The number of aryl methyl sites for hydroxylation is 1. The van der Waals surface area contributed by atoms with Crippen LogP contribution in [-0.4, -0.2) is 66.3 Å². The molecule has 150 valence electrons. The number of β-amino-alcohol motifs (C(OH)–C–C–N with tert-alkyl or cyclic N) is 1. The average molecular weight is 384 g/mol. The Bertz CT molecular complexity index is 791. The molecule has 2 aliphatic heterocycles. The molecule has 4 rings (SSSR count). The van der Waals surface area contributed by atoms with Crippen molar-refractivity contribution in [3.63, 3.8) is 0 Å². The lowest BCUT2D eigenvalue weighted by atomic mass is 9.98. The van der Waals surface area contributed by atoms with Crippen molar-refractivity contribution in [2.75, 3.05) is 44.2 Å². The van der Waals surface area contributed by atoms with Crippen molar-refractivity contribution < 1.29 is 9.50 Å². The van der Waals surface area contributed by atoms with Gasteiger partial charge in [-0.05, 0) is 31.0 Å². The smallest absolute Gasteiger partial charge is 0.146 e. The molecule has 0 aromatic heterocycles. The predicted octanol–water partition coefficient (Wildman–Crippen LogP) is 2.89. The van der Waals surface area contributed by atoms with Crippen molar-refractivity contribution in [2.45, 2.75) is 32.0 Å². The number of rotatable bonds is 4. The van der Waals surface area contributed by atoms with Crippen LogP contribution in [-0.2, 0) is 6.54 Å². The number of benzene rings is 2. The lowest BCUT2D eigenvalue weighted by Crippen LogP contribution is -2.58. The molecule has 1 N–H and O–H groups in total. The molecule has 2 atom stereocenters. The molecule has 2 aromatic rings. The molecule has 2 fully saturated rings. The lowest BCUT2D eigenvalue weighted by Gasteiger charge is -2.45. The van der Waals surface area contributed by atoms with E-state index in [4.69, 9.17) is 0 Å². The van der Waals surface area contributed by atoms with Crippen LogP contribution in [0.1, 0.15) is 17.5 Å². The van der Waals surface area contributed by atoms with Crippen molar-refractivity contribution in [1.82, 2.24) is 9.80 Å². The minimum absolute atomic E-state index is 0.152. The van der Waals surface area contributed by atoms with Crippen LogP contribution in [0.3, 0.4) is 0 Å². The molecule has 2 aliphatic rings. The van der Waals surface area contributed by atoms with Crippen molar-refractivity contribution in [1.29, 1.82) is 0 Å². The van der Waals surface area contributed by atoms with Crippen LogP contribution < -0.4 is 4.90 Å². The SMILES string of the molecule is Cc1cccc(CN2CC[C@@H](N3CCN(c4ccccc4F)CC3)[C@H](O)C2)c1. The van der Waals surface area contributed by atoms with Crippen LogP contribution in [0.15, 0.2) is 48.5 Å². The fraction of sp³-hybridized carbons (Fsp3) is 0.478. The van der Waals surface area contributed by atoms with Crippen molar-refractivity contribution in [2.24, 2.45) is 0 Å². The zero-order valence-corrected chi connectivity index (χ0v) is 16.6. The van der Waals surface area contributed by atoms with E-state index in [-0.39, 0.29) is 18.0 Å². The molecule has 0 aliphatic carbocycles. The first-order valence-electron chi connectivity index (χ1n) is 10.3. The fourth-order valence-electron chi connectivity index (χ4n) is 4.63. The number of piperidine rings is 1. The zero-order chi connectivity index (χ0) is 19.5. The number of hydrogen-bond donors (Lipinski definition) is 1. The van der Waals surface area contributed by atoms with Gasteiger partial charge in [0.25, 0.3) is 0 Å². The second-order valence-corrected chi connectivity index (χ2v) is 8.12. The first kappa shape index (κ1) is 19.4. The van der Waals surface area contributed by atoms with E-state index >= 15 is 0 Å². The summed E-state index contributed by atoms with van der Waals surface area (Å²) in [5.74, 6) is -0.152. The third-order valence-corrected chi connectivity index (χ3v) is 6.10. The highest BCUT2D eigenvalue weighted by Crippen LogP contribution is 2.24. The third kappa shape index (κ3) is 4.37. The maximum absolute atomic E-state index is 14.0. The molecule has 0 unspecified atom stereocenters. The van der Waals surface area contributed by atoms with Crippen LogP contribution in [0.4, 0.5) is 10.1 Å². The highest BCUT2D eigenvalue weighted by atomic mass is 19.1. The normalized spacial score (nSPS) is 24.5. The van der Waals surface area contributed by atoms with Gasteiger partial charge >= 0.3 is 0 Å². The average Bonchev–Trinajstić information content (AvgIpc) is 2.69. The Morgan fingerprint density at radius 2 is 1.79 bits per heavy atom. The molecular weight excluding hydrogens is 353 g/mol. The van der Waals surface area contributed by atoms with Crippen LogP contribution in [0, 0.1) is 12.7 Å². The Labute approximate surface area is 167 Å². The van der Waals surface area contributed by atoms with Crippen LogP contribution in [0.2, 0.25) is 0 Å². The van der Waals surface area contributed by atoms with Gasteiger partial charge in [-0.15, -0.1) is 0 Å². The minimum Gasteiger partial charge on any atom is -0.390 e. The second-order valence-electron chi connectivity index (χ2n) is 8.12. The monoisotopic (exact) mass is 383 g/mol. The number of piperazine rings is 1. The number of anilines is 1. The highest BCUT2D eigenvalue weighted by Gasteiger charge is 2.33. The quantitative estimate of drug-likeness (QED) is 0.879. The second kappa shape index (κ2) is 8.60. The number of para-hydroxylation sites is 1. The van der Waals surface area contributed by atoms with E-state index in [9.17, 15) is 9.50 Å². The lowest BCUT2D eigenvalue weighted by molar-refractivity contribution is -0.0172. The summed E-state index contributed by atoms with van der Waals surface area (Å²) in [6, 6.07) is 15.8. The van der Waals surface area contributed by atoms with E-state index in [0.717, 1.165) is 45.7 Å². The molecule has 2 aromatic carbocycles. The zero-order valence-electron chi connectivity index (χ0n) is 16.6. The highest BCUT2D eigenvalue weighted by molar-refractivity contribution is 5.48. The number of aliphatic hydroxyl groups excluding tert-OH is 1. The Kier molecular flexibility index (Phi) is 5.95. The standard InChI is InChI=1S/C23H30FN3O/c1-18-5-4-6-19(15-18)16-25-10-9-22(23(28)17-25)27-13-11-26(12-14-27)21-8-3-2-7-20(21)24/h2-8,15,22-23,28H,9-14,16-17H2,1H3/t22-,23-/m1/s1. The number of halogens is 1. The predicted molar refractivity (Wildman–Crippen MR) is 111 cm³/mol. The fourth-order valence-corrected chi connectivity index (χ4v) is 4.63. The van der Waals surface area contributed by atoms with Crippen LogP contribution in [0.5, 0.6) is 0 Å². The van der Waals surface area contributed by atoms with Gasteiger partial charge < -0.3 is 10.0 Å². The molecule has 2 saturated heterocycles. The summed E-state index contributed by atoms with van der Waals surface area (Å²) in [6.07, 6.45) is 0.644. The van der Waals surface area contributed by atoms with Crippen molar-refractivity contribution in [3.8, 4) is 0 Å². The van der Waals surface area contributed by atoms with Gasteiger partial charge in [0.1, 0.15) is 5.82 Å². The van der Waals surface area contributed by atoms with E-state index in [1.807, 2.05) is 12.1 Å². The Balaban J connectivity index is 1.30. The number of aliphatic hydroxyl groups is 1. The summed E-state index contributed by atoms with van der Waals surface area (Å²) in [4.78, 5) is 6.86. The van der Waals surface area contributed by atoms with Gasteiger partial charge in [0.2, 0.25) is 0 Å². The Hall–Kier alpha value is -1.95. The molecule has 0 spiro atoms. The van der Waals surface area contributed by atoms with Gasteiger partial charge in [-0.25, -0.2) is 4.39 Å². The number of likely N-dealkylation sites (tertiary alicyclic amines) is 1. The van der Waals surface area contributed by atoms with Gasteiger partial charge in [-0.3, -0.25) is 9.80 Å². The summed E-state index contributed by atoms with van der Waals surface area (Å²) in [5, 5.41) is 10.8. The molecule has 0 amide bonds. The van der Waals surface area contributed by atoms with Gasteiger partial charge in [0, 0.05) is 51.9 Å². The van der Waals surface area contributed by atoms with Crippen LogP contribution >= 0.6 is 0 Å². The third-order valence-electron chi connectivity index (χ3n) is 6.10. The molecule has 0 bridgehead atoms. The van der Waals surface area contributed by atoms with Gasteiger partial charge in [-0.1, -0.05) is 42.0 Å². The molecule has 2 heterocycles. The molecule has 4 nitrogen and oxygen atoms in total. The van der Waals surface area contributed by atoms with Gasteiger partial charge in [0.05, 0.1) is 11.8 Å². The van der Waals surface area contributed by atoms with Crippen molar-refractivity contribution >= 4 is 5.69 Å². The Morgan fingerprint density at radius 3 is 2.50 bits per heavy atom. The first-order chi connectivity index (χ1) is 13.6. The van der Waals surface area contributed by atoms with Gasteiger partial charge in [0.15, 0.2) is 0 Å². The van der Waals surface area contributed by atoms with Gasteiger partial charge in [-0.2, -0.15) is 0 Å². The minimum atomic E-state index is -0.335. The molecule has 0 radical (unpaired) electrons. The summed E-state index contributed by atoms with van der Waals surface area (Å²) in [6.45, 7) is 8.07. The summed E-state index contributed by atoms with van der Waals surface area (Å²) in [7, 11) is 0. The topological polar surface area (TPSA) is 30.0 Å². The number of hydrogen-bond acceptors (Lipinski definition) is 4. The summed E-state index contributed by atoms with van der Waals surface area (Å²) < 4.78 is 14.0. The molecule has 0 saturated carbocycles. The van der Waals surface area contributed by atoms with E-state index in [1.165, 1.54) is 17.2 Å². The first-order valence-corrected chi connectivity index (χ1v) is 10.3. The summed E-state index contributed by atoms with van der Waals surface area (Å²) >= 11 is 0. The molecule has 5 heteroatoms. The Morgan fingerprint density at radius 1 is 1.00 bits per heavy atom.